The van der Waals surface area contributed by atoms with Crippen molar-refractivity contribution in [3.05, 3.63) is 11.8 Å². The van der Waals surface area contributed by atoms with Gasteiger partial charge in [-0.15, -0.1) is 0 Å². The lowest BCUT2D eigenvalue weighted by molar-refractivity contribution is -0.141. The van der Waals surface area contributed by atoms with Crippen molar-refractivity contribution in [3.63, 3.8) is 0 Å². The van der Waals surface area contributed by atoms with Crippen LogP contribution in [-0.4, -0.2) is 26.2 Å². The Morgan fingerprint density at radius 1 is 1.50 bits per heavy atom. The van der Waals surface area contributed by atoms with Crippen molar-refractivity contribution in [3.8, 4) is 0 Å². The number of nitrogens with one attached hydrogen (secondary N) is 1. The predicted octanol–water partition coefficient (Wildman–Crippen LogP) is 1.95. The molecule has 7 heteroatoms. The molecule has 0 bridgehead atoms. The van der Waals surface area contributed by atoms with E-state index in [4.69, 9.17) is 25.6 Å². The highest BCUT2D eigenvalue weighted by molar-refractivity contribution is 8.09. The molecule has 0 saturated carbocycles. The molecule has 0 amide bonds. The van der Waals surface area contributed by atoms with Gasteiger partial charge in [-0.05, 0) is 39.6 Å². The van der Waals surface area contributed by atoms with Crippen molar-refractivity contribution in [1.82, 2.24) is 5.09 Å². The molecule has 1 unspecified atom stereocenters. The van der Waals surface area contributed by atoms with Gasteiger partial charge in [0.2, 0.25) is 0 Å². The SMILES string of the molecule is CNP(=S)(OC)O/C(C)=C/C(=O)OC(C)C. The Kier molecular flexibility index (Phi) is 6.83. The van der Waals surface area contributed by atoms with Crippen molar-refractivity contribution >= 4 is 24.4 Å². The summed E-state index contributed by atoms with van der Waals surface area (Å²) in [5.41, 5.74) is 0. The van der Waals surface area contributed by atoms with Crippen LogP contribution in [0.25, 0.3) is 0 Å². The molecule has 0 radical (unpaired) electrons. The second kappa shape index (κ2) is 7.01. The highest BCUT2D eigenvalue weighted by atomic mass is 32.5. The minimum atomic E-state index is -2.52. The van der Waals surface area contributed by atoms with Crippen LogP contribution in [0.3, 0.4) is 0 Å². The van der Waals surface area contributed by atoms with E-state index in [0.717, 1.165) is 0 Å². The molecule has 1 atom stereocenters. The van der Waals surface area contributed by atoms with Crippen LogP contribution in [0.15, 0.2) is 11.8 Å². The highest BCUT2D eigenvalue weighted by Crippen LogP contribution is 2.44. The van der Waals surface area contributed by atoms with Crippen LogP contribution in [0.5, 0.6) is 0 Å². The summed E-state index contributed by atoms with van der Waals surface area (Å²) < 4.78 is 15.3. The molecule has 0 aromatic rings. The van der Waals surface area contributed by atoms with Gasteiger partial charge in [0.15, 0.2) is 0 Å². The first-order valence-electron chi connectivity index (χ1n) is 4.76. The van der Waals surface area contributed by atoms with Gasteiger partial charge in [-0.2, -0.15) is 0 Å². The lowest BCUT2D eigenvalue weighted by Gasteiger charge is -2.19. The van der Waals surface area contributed by atoms with Gasteiger partial charge in [0.25, 0.3) is 0 Å². The first-order valence-corrected chi connectivity index (χ1v) is 7.40. The van der Waals surface area contributed by atoms with Crippen LogP contribution >= 0.6 is 6.64 Å². The zero-order chi connectivity index (χ0) is 12.8. The van der Waals surface area contributed by atoms with Crippen LogP contribution < -0.4 is 5.09 Å². The summed E-state index contributed by atoms with van der Waals surface area (Å²) in [4.78, 5) is 11.3. The minimum Gasteiger partial charge on any atom is -0.460 e. The Balaban J connectivity index is 4.45. The normalized spacial score (nSPS) is 15.8. The van der Waals surface area contributed by atoms with E-state index >= 15 is 0 Å². The highest BCUT2D eigenvalue weighted by Gasteiger charge is 2.16. The number of allylic oxidation sites excluding steroid dienone is 1. The molecule has 0 aliphatic carbocycles. The van der Waals surface area contributed by atoms with Crippen LogP contribution in [0.1, 0.15) is 20.8 Å². The molecular weight excluding hydrogens is 249 g/mol. The first kappa shape index (κ1) is 15.6. The summed E-state index contributed by atoms with van der Waals surface area (Å²) in [5, 5.41) is 2.76. The van der Waals surface area contributed by atoms with Crippen molar-refractivity contribution in [2.24, 2.45) is 0 Å². The largest absolute Gasteiger partial charge is 0.460 e. The summed E-state index contributed by atoms with van der Waals surface area (Å²) in [6, 6.07) is 0. The van der Waals surface area contributed by atoms with Crippen LogP contribution in [0.2, 0.25) is 0 Å². The molecule has 1 N–H and O–H groups in total. The molecule has 0 heterocycles. The van der Waals surface area contributed by atoms with Gasteiger partial charge in [-0.1, -0.05) is 0 Å². The standard InChI is InChI=1S/C9H18NO4PS/c1-7(2)13-9(11)6-8(3)14-15(16,10-4)12-5/h6-7H,1-5H3,(H,10,16)/b8-6+. The van der Waals surface area contributed by atoms with E-state index in [0.29, 0.717) is 5.76 Å². The number of carbonyl (C=O) groups is 1. The average Bonchev–Trinajstić information content (AvgIpc) is 2.15. The Hall–Kier alpha value is -0.420. The molecule has 0 fully saturated rings. The predicted molar refractivity (Wildman–Crippen MR) is 66.4 cm³/mol. The second-order valence-electron chi connectivity index (χ2n) is 3.24. The molecule has 0 spiro atoms. The fourth-order valence-electron chi connectivity index (χ4n) is 0.822. The Morgan fingerprint density at radius 3 is 2.44 bits per heavy atom. The number of carbonyl (C=O) groups excluding carboxylic acids is 1. The molecule has 0 aliphatic heterocycles. The van der Waals surface area contributed by atoms with E-state index in [1.807, 2.05) is 0 Å². The Labute approximate surface area is 101 Å². The smallest absolute Gasteiger partial charge is 0.334 e. The van der Waals surface area contributed by atoms with Gasteiger partial charge in [0.05, 0.1) is 12.2 Å². The molecular formula is C9H18NO4PS. The van der Waals surface area contributed by atoms with E-state index in [2.05, 4.69) is 5.09 Å². The molecule has 16 heavy (non-hydrogen) atoms. The first-order chi connectivity index (χ1) is 7.33. The Bertz CT molecular complexity index is 309. The van der Waals surface area contributed by atoms with E-state index in [-0.39, 0.29) is 6.10 Å². The van der Waals surface area contributed by atoms with Gasteiger partial charge < -0.3 is 13.8 Å². The average molecular weight is 267 g/mol. The van der Waals surface area contributed by atoms with E-state index in [1.165, 1.54) is 13.2 Å². The number of hydrogen-bond donors (Lipinski definition) is 1. The van der Waals surface area contributed by atoms with Crippen LogP contribution in [0, 0.1) is 0 Å². The maximum atomic E-state index is 11.3. The zero-order valence-corrected chi connectivity index (χ0v) is 11.9. The number of esters is 1. The third-order valence-electron chi connectivity index (χ3n) is 1.45. The monoisotopic (exact) mass is 267 g/mol. The van der Waals surface area contributed by atoms with Crippen molar-refractivity contribution in [2.45, 2.75) is 26.9 Å². The zero-order valence-electron chi connectivity index (χ0n) is 10.1. The minimum absolute atomic E-state index is 0.161. The fraction of sp³-hybridized carbons (Fsp3) is 0.667. The second-order valence-corrected chi connectivity index (χ2v) is 6.67. The molecule has 5 nitrogen and oxygen atoms in total. The lowest BCUT2D eigenvalue weighted by atomic mass is 10.4. The van der Waals surface area contributed by atoms with Crippen molar-refractivity contribution in [2.75, 3.05) is 14.2 Å². The molecule has 0 aliphatic rings. The number of rotatable bonds is 6. The summed E-state index contributed by atoms with van der Waals surface area (Å²) in [7, 11) is 3.10. The van der Waals surface area contributed by atoms with Gasteiger partial charge in [-0.3, -0.25) is 0 Å². The van der Waals surface area contributed by atoms with E-state index in [9.17, 15) is 4.79 Å². The summed E-state index contributed by atoms with van der Waals surface area (Å²) in [5.74, 6) is -0.0913. The summed E-state index contributed by atoms with van der Waals surface area (Å²) >= 11 is 5.08. The van der Waals surface area contributed by atoms with Gasteiger partial charge in [-0.25, -0.2) is 9.88 Å². The molecule has 0 aromatic heterocycles. The third kappa shape index (κ3) is 6.23. The van der Waals surface area contributed by atoms with Crippen molar-refractivity contribution in [1.29, 1.82) is 0 Å². The third-order valence-corrected chi connectivity index (χ3v) is 4.23. The van der Waals surface area contributed by atoms with E-state index < -0.39 is 12.6 Å². The lowest BCUT2D eigenvalue weighted by Crippen LogP contribution is -2.11. The van der Waals surface area contributed by atoms with Crippen LogP contribution in [-0.2, 0) is 30.4 Å². The van der Waals surface area contributed by atoms with Crippen molar-refractivity contribution < 1.29 is 18.6 Å². The summed E-state index contributed by atoms with van der Waals surface area (Å²) in [6.07, 6.45) is 1.09. The quantitative estimate of drug-likeness (QED) is 0.343. The van der Waals surface area contributed by atoms with Gasteiger partial charge >= 0.3 is 12.6 Å². The fourth-order valence-corrected chi connectivity index (χ4v) is 1.96. The topological polar surface area (TPSA) is 56.8 Å². The maximum absolute atomic E-state index is 11.3. The molecule has 94 valence electrons. The molecule has 0 aromatic carbocycles. The molecule has 0 rings (SSSR count). The van der Waals surface area contributed by atoms with Gasteiger partial charge in [0.1, 0.15) is 5.76 Å². The van der Waals surface area contributed by atoms with Crippen LogP contribution in [0.4, 0.5) is 0 Å². The number of ether oxygens (including phenoxy) is 1. The number of hydrogen-bond acceptors (Lipinski definition) is 5. The molecule has 0 saturated heterocycles. The van der Waals surface area contributed by atoms with E-state index in [1.54, 1.807) is 27.8 Å². The maximum Gasteiger partial charge on any atom is 0.334 e. The summed E-state index contributed by atoms with van der Waals surface area (Å²) in [6.45, 7) is 2.65. The van der Waals surface area contributed by atoms with Gasteiger partial charge in [0, 0.05) is 7.11 Å². The Morgan fingerprint density at radius 2 is 2.06 bits per heavy atom.